The monoisotopic (exact) mass is 222 g/mol. The molecule has 1 aromatic rings. The number of carbonyl (C=O) groups is 1. The van der Waals surface area contributed by atoms with Crippen molar-refractivity contribution in [2.45, 2.75) is 33.3 Å². The maximum atomic E-state index is 10.6. The maximum absolute atomic E-state index is 10.6. The zero-order valence-electron chi connectivity index (χ0n) is 9.90. The van der Waals surface area contributed by atoms with Crippen LogP contribution in [-0.4, -0.2) is 16.2 Å². The van der Waals surface area contributed by atoms with E-state index in [0.29, 0.717) is 6.42 Å². The number of aliphatic hydroxyl groups is 1. The molecule has 0 spiro atoms. The van der Waals surface area contributed by atoms with E-state index in [1.807, 2.05) is 0 Å². The Balaban J connectivity index is 2.78. The van der Waals surface area contributed by atoms with Crippen molar-refractivity contribution in [3.63, 3.8) is 0 Å². The van der Waals surface area contributed by atoms with Crippen LogP contribution < -0.4 is 0 Å². The number of hydrogen-bond donors (Lipinski definition) is 2. The first-order chi connectivity index (χ1) is 7.29. The van der Waals surface area contributed by atoms with Crippen LogP contribution in [0, 0.1) is 5.41 Å². The summed E-state index contributed by atoms with van der Waals surface area (Å²) in [6.07, 6.45) is 0.113. The van der Waals surface area contributed by atoms with E-state index >= 15 is 0 Å². The van der Waals surface area contributed by atoms with E-state index in [-0.39, 0.29) is 11.0 Å². The van der Waals surface area contributed by atoms with E-state index in [9.17, 15) is 9.90 Å². The van der Waals surface area contributed by atoms with Gasteiger partial charge in [-0.05, 0) is 29.5 Å². The Morgan fingerprint density at radius 2 is 1.75 bits per heavy atom. The molecule has 3 heteroatoms. The van der Waals surface area contributed by atoms with Crippen LogP contribution in [0.4, 0.5) is 0 Å². The van der Waals surface area contributed by atoms with Gasteiger partial charge in [0.15, 0.2) is 0 Å². The minimum atomic E-state index is -0.947. The van der Waals surface area contributed by atoms with Crippen LogP contribution in [0.5, 0.6) is 0 Å². The normalized spacial score (nSPS) is 13.5. The van der Waals surface area contributed by atoms with Crippen molar-refractivity contribution in [1.82, 2.24) is 0 Å². The van der Waals surface area contributed by atoms with Crippen molar-refractivity contribution in [1.29, 1.82) is 0 Å². The third-order valence-electron chi connectivity index (χ3n) is 2.35. The first-order valence-electron chi connectivity index (χ1n) is 5.31. The number of rotatable bonds is 3. The molecular weight excluding hydrogens is 204 g/mol. The van der Waals surface area contributed by atoms with Gasteiger partial charge in [0.25, 0.3) is 0 Å². The second kappa shape index (κ2) is 4.66. The van der Waals surface area contributed by atoms with E-state index in [1.54, 1.807) is 12.1 Å². The summed E-state index contributed by atoms with van der Waals surface area (Å²) in [5.74, 6) is -0.947. The maximum Gasteiger partial charge on any atom is 0.335 e. The molecule has 1 rings (SSSR count). The van der Waals surface area contributed by atoms with Gasteiger partial charge in [-0.2, -0.15) is 0 Å². The fourth-order valence-corrected chi connectivity index (χ4v) is 1.55. The molecular formula is C13H18O3. The Labute approximate surface area is 95.7 Å². The minimum Gasteiger partial charge on any atom is -0.478 e. The summed E-state index contributed by atoms with van der Waals surface area (Å²) >= 11 is 0. The Hall–Kier alpha value is -1.35. The zero-order valence-corrected chi connectivity index (χ0v) is 9.90. The smallest absolute Gasteiger partial charge is 0.335 e. The molecule has 0 saturated carbocycles. The number of carboxylic acid groups (broad SMARTS) is 1. The van der Waals surface area contributed by atoms with E-state index in [1.165, 1.54) is 12.1 Å². The Morgan fingerprint density at radius 3 is 2.12 bits per heavy atom. The highest BCUT2D eigenvalue weighted by Gasteiger charge is 2.18. The number of carboxylic acids is 1. The Kier molecular flexibility index (Phi) is 3.70. The molecule has 0 aromatic heterocycles. The third-order valence-corrected chi connectivity index (χ3v) is 2.35. The highest BCUT2D eigenvalue weighted by Crippen LogP contribution is 2.29. The largest absolute Gasteiger partial charge is 0.478 e. The summed E-state index contributed by atoms with van der Waals surface area (Å²) in [4.78, 5) is 10.6. The second-order valence-electron chi connectivity index (χ2n) is 5.21. The molecule has 0 aliphatic heterocycles. The summed E-state index contributed by atoms with van der Waals surface area (Å²) in [5.41, 5.74) is 1.05. The summed E-state index contributed by atoms with van der Waals surface area (Å²) in [6, 6.07) is 6.37. The third kappa shape index (κ3) is 3.66. The van der Waals surface area contributed by atoms with Gasteiger partial charge in [0.05, 0.1) is 11.7 Å². The molecule has 88 valence electrons. The minimum absolute atomic E-state index is 0.0465. The highest BCUT2D eigenvalue weighted by molar-refractivity contribution is 5.87. The van der Waals surface area contributed by atoms with Crippen molar-refractivity contribution in [3.8, 4) is 0 Å². The first-order valence-corrected chi connectivity index (χ1v) is 5.31. The predicted octanol–water partition coefficient (Wildman–Crippen LogP) is 2.85. The van der Waals surface area contributed by atoms with Gasteiger partial charge in [0, 0.05) is 0 Å². The van der Waals surface area contributed by atoms with Crippen LogP contribution in [0.25, 0.3) is 0 Å². The topological polar surface area (TPSA) is 57.5 Å². The fourth-order valence-electron chi connectivity index (χ4n) is 1.55. The lowest BCUT2D eigenvalue weighted by molar-refractivity contribution is 0.0696. The van der Waals surface area contributed by atoms with Gasteiger partial charge >= 0.3 is 5.97 Å². The van der Waals surface area contributed by atoms with Gasteiger partial charge in [-0.1, -0.05) is 32.9 Å². The lowest BCUT2D eigenvalue weighted by Gasteiger charge is -2.22. The van der Waals surface area contributed by atoms with E-state index in [2.05, 4.69) is 20.8 Å². The van der Waals surface area contributed by atoms with Crippen LogP contribution in [0.15, 0.2) is 24.3 Å². The highest BCUT2D eigenvalue weighted by atomic mass is 16.4. The van der Waals surface area contributed by atoms with Gasteiger partial charge in [0.1, 0.15) is 0 Å². The molecule has 0 saturated heterocycles. The zero-order chi connectivity index (χ0) is 12.3. The van der Waals surface area contributed by atoms with E-state index in [4.69, 9.17) is 5.11 Å². The quantitative estimate of drug-likeness (QED) is 0.826. The van der Waals surface area contributed by atoms with Gasteiger partial charge in [-0.15, -0.1) is 0 Å². The van der Waals surface area contributed by atoms with Gasteiger partial charge in [-0.25, -0.2) is 4.79 Å². The Morgan fingerprint density at radius 1 is 1.25 bits per heavy atom. The van der Waals surface area contributed by atoms with Crippen molar-refractivity contribution < 1.29 is 15.0 Å². The number of aromatic carboxylic acids is 1. The van der Waals surface area contributed by atoms with Crippen molar-refractivity contribution in [2.24, 2.45) is 5.41 Å². The van der Waals surface area contributed by atoms with Crippen LogP contribution in [0.2, 0.25) is 0 Å². The molecule has 0 fully saturated rings. The molecule has 2 N–H and O–H groups in total. The van der Waals surface area contributed by atoms with E-state index < -0.39 is 12.1 Å². The van der Waals surface area contributed by atoms with Crippen LogP contribution in [0.1, 0.15) is 49.2 Å². The van der Waals surface area contributed by atoms with Crippen LogP contribution in [0.3, 0.4) is 0 Å². The number of aliphatic hydroxyl groups excluding tert-OH is 1. The lowest BCUT2D eigenvalue weighted by atomic mass is 9.87. The fraction of sp³-hybridized carbons (Fsp3) is 0.462. The van der Waals surface area contributed by atoms with Crippen LogP contribution in [-0.2, 0) is 0 Å². The molecule has 3 nitrogen and oxygen atoms in total. The van der Waals surface area contributed by atoms with E-state index in [0.717, 1.165) is 5.56 Å². The molecule has 0 aliphatic rings. The molecule has 0 amide bonds. The molecule has 0 bridgehead atoms. The summed E-state index contributed by atoms with van der Waals surface area (Å²) in [5, 5.41) is 18.7. The van der Waals surface area contributed by atoms with Crippen LogP contribution >= 0.6 is 0 Å². The average molecular weight is 222 g/mol. The number of hydrogen-bond acceptors (Lipinski definition) is 2. The molecule has 0 heterocycles. The SMILES string of the molecule is CC(C)(C)CC(O)c1ccc(C(=O)O)cc1. The molecule has 16 heavy (non-hydrogen) atoms. The predicted molar refractivity (Wildman–Crippen MR) is 62.4 cm³/mol. The van der Waals surface area contributed by atoms with Gasteiger partial charge < -0.3 is 10.2 Å². The lowest BCUT2D eigenvalue weighted by Crippen LogP contribution is -2.11. The van der Waals surface area contributed by atoms with Gasteiger partial charge in [-0.3, -0.25) is 0 Å². The summed E-state index contributed by atoms with van der Waals surface area (Å²) in [6.45, 7) is 6.17. The van der Waals surface area contributed by atoms with Crippen molar-refractivity contribution >= 4 is 5.97 Å². The molecule has 0 radical (unpaired) electrons. The Bertz CT molecular complexity index is 360. The molecule has 1 unspecified atom stereocenters. The summed E-state index contributed by atoms with van der Waals surface area (Å²) < 4.78 is 0. The first kappa shape index (κ1) is 12.7. The number of benzene rings is 1. The molecule has 0 aliphatic carbocycles. The second-order valence-corrected chi connectivity index (χ2v) is 5.21. The molecule has 1 atom stereocenters. The standard InChI is InChI=1S/C13H18O3/c1-13(2,3)8-11(14)9-4-6-10(7-5-9)12(15)16/h4-7,11,14H,8H2,1-3H3,(H,15,16). The van der Waals surface area contributed by atoms with Crippen molar-refractivity contribution in [2.75, 3.05) is 0 Å². The van der Waals surface area contributed by atoms with Crippen molar-refractivity contribution in [3.05, 3.63) is 35.4 Å². The average Bonchev–Trinajstić information content (AvgIpc) is 2.15. The molecule has 1 aromatic carbocycles. The van der Waals surface area contributed by atoms with Gasteiger partial charge in [0.2, 0.25) is 0 Å². The summed E-state index contributed by atoms with van der Waals surface area (Å²) in [7, 11) is 0.